The number of halogens is 1. The molecule has 0 aromatic carbocycles. The molecule has 4 nitrogen and oxygen atoms in total. The van der Waals surface area contributed by atoms with Crippen LogP contribution in [0, 0.1) is 0 Å². The minimum absolute atomic E-state index is 0.0940. The van der Waals surface area contributed by atoms with Crippen LogP contribution in [0.5, 0.6) is 0 Å². The monoisotopic (exact) mass is 225 g/mol. The fraction of sp³-hybridized carbons (Fsp3) is 0.714. The first-order valence-corrected chi connectivity index (χ1v) is 6.02. The predicted molar refractivity (Wildman–Crippen MR) is 51.0 cm³/mol. The molecule has 0 radical (unpaired) electrons. The normalized spacial score (nSPS) is 25.8. The Hall–Kier alpha value is -0.100. The van der Waals surface area contributed by atoms with Crippen LogP contribution in [-0.4, -0.2) is 42.8 Å². The maximum Gasteiger partial charge on any atom is 0.217 e. The first kappa shape index (κ1) is 11.0. The zero-order chi connectivity index (χ0) is 9.90. The van der Waals surface area contributed by atoms with E-state index in [-0.39, 0.29) is 12.3 Å². The molecule has 0 saturated carbocycles. The summed E-state index contributed by atoms with van der Waals surface area (Å²) < 4.78 is 24.2. The molecule has 1 aliphatic rings. The topological polar surface area (TPSA) is 57.6 Å². The van der Waals surface area contributed by atoms with Crippen molar-refractivity contribution in [1.82, 2.24) is 4.31 Å². The molecule has 0 aromatic heterocycles. The lowest BCUT2D eigenvalue weighted by Crippen LogP contribution is -2.31. The van der Waals surface area contributed by atoms with Gasteiger partial charge in [-0.25, -0.2) is 8.42 Å². The van der Waals surface area contributed by atoms with E-state index in [0.717, 1.165) is 0 Å². The molecule has 13 heavy (non-hydrogen) atoms. The van der Waals surface area contributed by atoms with E-state index in [1.807, 2.05) is 0 Å². The van der Waals surface area contributed by atoms with E-state index in [1.165, 1.54) is 15.9 Å². The maximum absolute atomic E-state index is 11.4. The Kier molecular flexibility index (Phi) is 3.73. The van der Waals surface area contributed by atoms with Crippen molar-refractivity contribution in [2.75, 3.05) is 18.8 Å². The highest BCUT2D eigenvalue weighted by molar-refractivity contribution is 7.89. The summed E-state index contributed by atoms with van der Waals surface area (Å²) in [5.41, 5.74) is 1.18. The number of β-amino-alcohol motifs (C(OH)–C–C–N with tert-alkyl or cyclic N) is 1. The summed E-state index contributed by atoms with van der Waals surface area (Å²) in [6.45, 7) is 0.609. The Morgan fingerprint density at radius 2 is 2.31 bits per heavy atom. The quantitative estimate of drug-likeness (QED) is 0.743. The number of hydrogen-bond donors (Lipinski definition) is 1. The number of aliphatic hydroxyl groups is 1. The van der Waals surface area contributed by atoms with Crippen molar-refractivity contribution < 1.29 is 13.5 Å². The number of nitrogens with zero attached hydrogens (tertiary/aromatic N) is 1. The Morgan fingerprint density at radius 3 is 2.77 bits per heavy atom. The summed E-state index contributed by atoms with van der Waals surface area (Å²) in [4.78, 5) is 0. The van der Waals surface area contributed by atoms with Crippen molar-refractivity contribution in [1.29, 1.82) is 0 Å². The molecule has 1 saturated heterocycles. The van der Waals surface area contributed by atoms with Crippen molar-refractivity contribution in [3.8, 4) is 0 Å². The highest BCUT2D eigenvalue weighted by Gasteiger charge is 2.29. The zero-order valence-corrected chi connectivity index (χ0v) is 8.63. The lowest BCUT2D eigenvalue weighted by molar-refractivity contribution is 0.189. The molecule has 0 amide bonds. The Balaban J connectivity index is 2.60. The molecule has 76 valence electrons. The summed E-state index contributed by atoms with van der Waals surface area (Å²) in [7, 11) is -3.25. The van der Waals surface area contributed by atoms with Crippen molar-refractivity contribution >= 4 is 21.6 Å². The van der Waals surface area contributed by atoms with Gasteiger partial charge < -0.3 is 5.11 Å². The second kappa shape index (κ2) is 4.41. The highest BCUT2D eigenvalue weighted by Crippen LogP contribution is 2.13. The van der Waals surface area contributed by atoms with E-state index in [1.54, 1.807) is 0 Å². The molecule has 0 bridgehead atoms. The van der Waals surface area contributed by atoms with Crippen LogP contribution in [0.3, 0.4) is 0 Å². The molecule has 0 aromatic rings. The van der Waals surface area contributed by atoms with Gasteiger partial charge >= 0.3 is 0 Å². The van der Waals surface area contributed by atoms with Crippen LogP contribution in [0.4, 0.5) is 0 Å². The molecular weight excluding hydrogens is 214 g/mol. The van der Waals surface area contributed by atoms with Crippen molar-refractivity contribution in [2.24, 2.45) is 0 Å². The second-order valence-corrected chi connectivity index (χ2v) is 5.21. The lowest BCUT2D eigenvalue weighted by Gasteiger charge is -2.13. The number of rotatable bonds is 3. The smallest absolute Gasteiger partial charge is 0.217 e. The number of hydrogen-bond acceptors (Lipinski definition) is 3. The molecule has 1 atom stereocenters. The van der Waals surface area contributed by atoms with Crippen molar-refractivity contribution in [2.45, 2.75) is 12.5 Å². The van der Waals surface area contributed by atoms with Crippen LogP contribution in [0.2, 0.25) is 0 Å². The molecule has 0 aliphatic carbocycles. The lowest BCUT2D eigenvalue weighted by atomic mass is 10.3. The molecule has 1 rings (SSSR count). The number of sulfonamides is 1. The summed E-state index contributed by atoms with van der Waals surface area (Å²) in [6.07, 6.45) is 1.38. The van der Waals surface area contributed by atoms with Gasteiger partial charge in [-0.2, -0.15) is 4.31 Å². The van der Waals surface area contributed by atoms with Gasteiger partial charge in [0.25, 0.3) is 0 Å². The van der Waals surface area contributed by atoms with Gasteiger partial charge in [0.05, 0.1) is 11.9 Å². The van der Waals surface area contributed by atoms with Gasteiger partial charge in [-0.1, -0.05) is 17.7 Å². The van der Waals surface area contributed by atoms with Crippen molar-refractivity contribution in [3.05, 3.63) is 11.6 Å². The Morgan fingerprint density at radius 1 is 1.62 bits per heavy atom. The predicted octanol–water partition coefficient (Wildman–Crippen LogP) is 0.135. The molecule has 0 spiro atoms. The van der Waals surface area contributed by atoms with E-state index >= 15 is 0 Å². The summed E-state index contributed by atoms with van der Waals surface area (Å²) in [5.74, 6) is -0.0940. The third kappa shape index (κ3) is 2.95. The van der Waals surface area contributed by atoms with Gasteiger partial charge in [-0.05, 0) is 6.42 Å². The third-order valence-electron chi connectivity index (χ3n) is 1.92. The molecular formula is C7H12ClNO3S. The van der Waals surface area contributed by atoms with Crippen LogP contribution in [0.25, 0.3) is 0 Å². The van der Waals surface area contributed by atoms with E-state index in [2.05, 4.69) is 0 Å². The summed E-state index contributed by atoms with van der Waals surface area (Å²) >= 11 is 5.23. The van der Waals surface area contributed by atoms with E-state index in [0.29, 0.717) is 13.0 Å². The first-order valence-electron chi connectivity index (χ1n) is 3.97. The van der Waals surface area contributed by atoms with Crippen LogP contribution in [0.15, 0.2) is 11.6 Å². The molecule has 0 unspecified atom stereocenters. The van der Waals surface area contributed by atoms with Gasteiger partial charge in [0, 0.05) is 18.6 Å². The van der Waals surface area contributed by atoms with E-state index < -0.39 is 16.1 Å². The van der Waals surface area contributed by atoms with Crippen LogP contribution >= 0.6 is 11.6 Å². The van der Waals surface area contributed by atoms with Crippen LogP contribution in [0.1, 0.15) is 6.42 Å². The average molecular weight is 226 g/mol. The summed E-state index contributed by atoms with van der Waals surface area (Å²) in [6, 6.07) is 0. The summed E-state index contributed by atoms with van der Waals surface area (Å²) in [5, 5.41) is 9.14. The van der Waals surface area contributed by atoms with Gasteiger partial charge in [0.1, 0.15) is 0 Å². The Bertz CT molecular complexity index is 288. The van der Waals surface area contributed by atoms with E-state index in [4.69, 9.17) is 16.7 Å². The van der Waals surface area contributed by atoms with Gasteiger partial charge in [0.2, 0.25) is 10.0 Å². The van der Waals surface area contributed by atoms with Crippen LogP contribution < -0.4 is 0 Å². The fourth-order valence-corrected chi connectivity index (χ4v) is 2.75. The molecule has 1 aliphatic heterocycles. The van der Waals surface area contributed by atoms with E-state index in [9.17, 15) is 8.42 Å². The van der Waals surface area contributed by atoms with Gasteiger partial charge in [-0.15, -0.1) is 0 Å². The average Bonchev–Trinajstić information content (AvgIpc) is 2.49. The minimum atomic E-state index is -3.25. The van der Waals surface area contributed by atoms with Crippen molar-refractivity contribution in [3.63, 3.8) is 0 Å². The fourth-order valence-electron chi connectivity index (χ4n) is 1.23. The second-order valence-electron chi connectivity index (χ2n) is 2.94. The standard InChI is InChI=1S/C7H12ClNO3S/c8-3-1-5-13(11,12)9-4-2-7(10)6-9/h1,3,7,10H,2,4-6H2/b3-1+/t7-/m1/s1. The number of aliphatic hydroxyl groups excluding tert-OH is 1. The van der Waals surface area contributed by atoms with Gasteiger partial charge in [-0.3, -0.25) is 0 Å². The van der Waals surface area contributed by atoms with Gasteiger partial charge in [0.15, 0.2) is 0 Å². The maximum atomic E-state index is 11.4. The molecule has 1 fully saturated rings. The van der Waals surface area contributed by atoms with Crippen LogP contribution in [-0.2, 0) is 10.0 Å². The molecule has 1 heterocycles. The molecule has 6 heteroatoms. The highest BCUT2D eigenvalue weighted by atomic mass is 35.5. The third-order valence-corrected chi connectivity index (χ3v) is 3.83. The zero-order valence-electron chi connectivity index (χ0n) is 7.06. The molecule has 1 N–H and O–H groups in total. The Labute approximate surface area is 82.9 Å². The largest absolute Gasteiger partial charge is 0.392 e. The first-order chi connectivity index (χ1) is 6.06. The SMILES string of the molecule is O=S(=O)(C/C=C/Cl)N1CC[C@@H](O)C1. The minimum Gasteiger partial charge on any atom is -0.392 e.